The molecule has 0 amide bonds. The fourth-order valence-corrected chi connectivity index (χ4v) is 1.82. The summed E-state index contributed by atoms with van der Waals surface area (Å²) in [5.41, 5.74) is 1.37. The molecular formula is C14H13FO3. The molecule has 2 aromatic rings. The Morgan fingerprint density at radius 3 is 2.50 bits per heavy atom. The van der Waals surface area contributed by atoms with Gasteiger partial charge >= 0.3 is 5.97 Å². The fourth-order valence-electron chi connectivity index (χ4n) is 1.82. The lowest BCUT2D eigenvalue weighted by molar-refractivity contribution is -0.138. The molecule has 1 aromatic heterocycles. The van der Waals surface area contributed by atoms with Crippen LogP contribution in [0.5, 0.6) is 0 Å². The van der Waals surface area contributed by atoms with Gasteiger partial charge in [-0.25, -0.2) is 4.39 Å². The number of aryl methyl sites for hydroxylation is 1. The van der Waals surface area contributed by atoms with Crippen molar-refractivity contribution < 1.29 is 18.7 Å². The number of rotatable bonds is 3. The first-order valence-electron chi connectivity index (χ1n) is 5.58. The third kappa shape index (κ3) is 2.27. The second-order valence-electron chi connectivity index (χ2n) is 4.19. The van der Waals surface area contributed by atoms with E-state index in [-0.39, 0.29) is 5.82 Å². The Morgan fingerprint density at radius 2 is 1.94 bits per heavy atom. The van der Waals surface area contributed by atoms with E-state index < -0.39 is 11.9 Å². The normalized spacial score (nSPS) is 12.4. The third-order valence-corrected chi connectivity index (χ3v) is 2.92. The molecule has 1 aromatic carbocycles. The van der Waals surface area contributed by atoms with Gasteiger partial charge in [-0.3, -0.25) is 4.79 Å². The fraction of sp³-hybridized carbons (Fsp3) is 0.214. The van der Waals surface area contributed by atoms with Crippen LogP contribution >= 0.6 is 0 Å². The SMILES string of the molecule is Cc1oc(-c2ccc(F)cc2)cc1C(C)C(=O)O. The molecule has 3 nitrogen and oxygen atoms in total. The summed E-state index contributed by atoms with van der Waals surface area (Å²) in [5, 5.41) is 8.98. The predicted octanol–water partition coefficient (Wildman–Crippen LogP) is 3.58. The Kier molecular flexibility index (Phi) is 3.19. The van der Waals surface area contributed by atoms with Crippen LogP contribution in [-0.2, 0) is 4.79 Å². The number of halogens is 1. The van der Waals surface area contributed by atoms with E-state index in [4.69, 9.17) is 9.52 Å². The number of carbonyl (C=O) groups is 1. The van der Waals surface area contributed by atoms with Gasteiger partial charge in [0.25, 0.3) is 0 Å². The summed E-state index contributed by atoms with van der Waals surface area (Å²) in [5.74, 6) is -0.714. The standard InChI is InChI=1S/C14H13FO3/c1-8(14(16)17)12-7-13(18-9(12)2)10-3-5-11(15)6-4-10/h3-8H,1-2H3,(H,16,17). The first-order valence-corrected chi connectivity index (χ1v) is 5.58. The number of carboxylic acids is 1. The van der Waals surface area contributed by atoms with E-state index in [1.54, 1.807) is 32.0 Å². The van der Waals surface area contributed by atoms with Crippen molar-refractivity contribution in [2.75, 3.05) is 0 Å². The number of hydrogen-bond acceptors (Lipinski definition) is 2. The van der Waals surface area contributed by atoms with Gasteiger partial charge in [0, 0.05) is 11.1 Å². The second kappa shape index (κ2) is 4.64. The molecule has 1 atom stereocenters. The van der Waals surface area contributed by atoms with Crippen molar-refractivity contribution in [2.45, 2.75) is 19.8 Å². The molecule has 2 rings (SSSR count). The van der Waals surface area contributed by atoms with Crippen LogP contribution in [0.4, 0.5) is 4.39 Å². The van der Waals surface area contributed by atoms with Gasteiger partial charge in [0.2, 0.25) is 0 Å². The lowest BCUT2D eigenvalue weighted by Gasteiger charge is -2.02. The number of carboxylic acid groups (broad SMARTS) is 1. The van der Waals surface area contributed by atoms with Crippen molar-refractivity contribution in [3.63, 3.8) is 0 Å². The highest BCUT2D eigenvalue weighted by molar-refractivity contribution is 5.76. The molecule has 0 radical (unpaired) electrons. The topological polar surface area (TPSA) is 50.4 Å². The van der Waals surface area contributed by atoms with Crippen LogP contribution in [0.2, 0.25) is 0 Å². The van der Waals surface area contributed by atoms with Crippen LogP contribution in [0, 0.1) is 12.7 Å². The van der Waals surface area contributed by atoms with Crippen molar-refractivity contribution >= 4 is 5.97 Å². The second-order valence-corrected chi connectivity index (χ2v) is 4.19. The van der Waals surface area contributed by atoms with Gasteiger partial charge in [-0.1, -0.05) is 0 Å². The van der Waals surface area contributed by atoms with Crippen LogP contribution in [0.25, 0.3) is 11.3 Å². The molecular weight excluding hydrogens is 235 g/mol. The van der Waals surface area contributed by atoms with Crippen molar-refractivity contribution in [1.82, 2.24) is 0 Å². The van der Waals surface area contributed by atoms with Crippen LogP contribution in [-0.4, -0.2) is 11.1 Å². The lowest BCUT2D eigenvalue weighted by atomic mass is 10.0. The third-order valence-electron chi connectivity index (χ3n) is 2.92. The van der Waals surface area contributed by atoms with Gasteiger partial charge in [-0.15, -0.1) is 0 Å². The maximum absolute atomic E-state index is 12.8. The molecule has 0 aliphatic heterocycles. The quantitative estimate of drug-likeness (QED) is 0.903. The van der Waals surface area contributed by atoms with Crippen molar-refractivity contribution in [1.29, 1.82) is 0 Å². The van der Waals surface area contributed by atoms with E-state index in [0.717, 1.165) is 5.56 Å². The zero-order chi connectivity index (χ0) is 13.3. The molecule has 0 spiro atoms. The minimum absolute atomic E-state index is 0.318. The molecule has 0 bridgehead atoms. The number of aliphatic carboxylic acids is 1. The summed E-state index contributed by atoms with van der Waals surface area (Å²) >= 11 is 0. The van der Waals surface area contributed by atoms with E-state index in [2.05, 4.69) is 0 Å². The Morgan fingerprint density at radius 1 is 1.33 bits per heavy atom. The van der Waals surface area contributed by atoms with E-state index in [0.29, 0.717) is 17.1 Å². The van der Waals surface area contributed by atoms with E-state index in [1.807, 2.05) is 0 Å². The van der Waals surface area contributed by atoms with E-state index >= 15 is 0 Å². The summed E-state index contributed by atoms with van der Waals surface area (Å²) in [6, 6.07) is 7.58. The van der Waals surface area contributed by atoms with Gasteiger partial charge in [0.1, 0.15) is 17.3 Å². The Bertz CT molecular complexity index is 569. The predicted molar refractivity (Wildman–Crippen MR) is 64.9 cm³/mol. The number of hydrogen-bond donors (Lipinski definition) is 1. The smallest absolute Gasteiger partial charge is 0.310 e. The lowest BCUT2D eigenvalue weighted by Crippen LogP contribution is -2.07. The average molecular weight is 248 g/mol. The Balaban J connectivity index is 2.40. The number of benzene rings is 1. The largest absolute Gasteiger partial charge is 0.481 e. The minimum atomic E-state index is -0.899. The maximum Gasteiger partial charge on any atom is 0.310 e. The molecule has 18 heavy (non-hydrogen) atoms. The first kappa shape index (κ1) is 12.4. The van der Waals surface area contributed by atoms with Crippen LogP contribution in [0.3, 0.4) is 0 Å². The Hall–Kier alpha value is -2.10. The Labute approximate surface area is 104 Å². The highest BCUT2D eigenvalue weighted by atomic mass is 19.1. The molecule has 1 heterocycles. The maximum atomic E-state index is 12.8. The highest BCUT2D eigenvalue weighted by Crippen LogP contribution is 2.30. The molecule has 0 saturated carbocycles. The monoisotopic (exact) mass is 248 g/mol. The summed E-state index contributed by atoms with van der Waals surface area (Å²) < 4.78 is 18.3. The molecule has 94 valence electrons. The van der Waals surface area contributed by atoms with Crippen molar-refractivity contribution in [3.05, 3.63) is 47.5 Å². The summed E-state index contributed by atoms with van der Waals surface area (Å²) in [6.45, 7) is 3.33. The molecule has 1 unspecified atom stereocenters. The van der Waals surface area contributed by atoms with Gasteiger partial charge in [0.05, 0.1) is 5.92 Å². The summed E-state index contributed by atoms with van der Waals surface area (Å²) in [6.07, 6.45) is 0. The molecule has 1 N–H and O–H groups in total. The van der Waals surface area contributed by atoms with E-state index in [9.17, 15) is 9.18 Å². The molecule has 0 aliphatic carbocycles. The van der Waals surface area contributed by atoms with Gasteiger partial charge in [-0.05, 0) is 44.2 Å². The average Bonchev–Trinajstić information content (AvgIpc) is 2.71. The summed E-state index contributed by atoms with van der Waals surface area (Å²) in [7, 11) is 0. The van der Waals surface area contributed by atoms with Crippen LogP contribution in [0.15, 0.2) is 34.7 Å². The van der Waals surface area contributed by atoms with Crippen molar-refractivity contribution in [2.24, 2.45) is 0 Å². The molecule has 0 saturated heterocycles. The first-order chi connectivity index (χ1) is 8.49. The minimum Gasteiger partial charge on any atom is -0.481 e. The molecule has 0 aliphatic rings. The molecule has 0 fully saturated rings. The van der Waals surface area contributed by atoms with E-state index in [1.165, 1.54) is 12.1 Å². The zero-order valence-electron chi connectivity index (χ0n) is 10.1. The zero-order valence-corrected chi connectivity index (χ0v) is 10.1. The van der Waals surface area contributed by atoms with Crippen molar-refractivity contribution in [3.8, 4) is 11.3 Å². The molecule has 4 heteroatoms. The number of furan rings is 1. The summed E-state index contributed by atoms with van der Waals surface area (Å²) in [4.78, 5) is 11.0. The van der Waals surface area contributed by atoms with Crippen LogP contribution in [0.1, 0.15) is 24.2 Å². The van der Waals surface area contributed by atoms with Gasteiger partial charge < -0.3 is 9.52 Å². The van der Waals surface area contributed by atoms with Crippen LogP contribution < -0.4 is 0 Å². The highest BCUT2D eigenvalue weighted by Gasteiger charge is 2.20. The van der Waals surface area contributed by atoms with Gasteiger partial charge in [0.15, 0.2) is 0 Å². The van der Waals surface area contributed by atoms with Gasteiger partial charge in [-0.2, -0.15) is 0 Å².